The molecule has 0 saturated heterocycles. The first-order valence-electron chi connectivity index (χ1n) is 7.83. The van der Waals surface area contributed by atoms with Crippen molar-refractivity contribution >= 4 is 0 Å². The predicted molar refractivity (Wildman–Crippen MR) is 79.6 cm³/mol. The lowest BCUT2D eigenvalue weighted by atomic mass is 10.1. The van der Waals surface area contributed by atoms with Gasteiger partial charge in [-0.15, -0.1) is 0 Å². The molecule has 0 spiro atoms. The summed E-state index contributed by atoms with van der Waals surface area (Å²) in [6.45, 7) is 7.53. The third kappa shape index (κ3) is 5.59. The molecule has 1 N–H and O–H groups in total. The fourth-order valence-electron chi connectivity index (χ4n) is 2.28. The van der Waals surface area contributed by atoms with Gasteiger partial charge < -0.3 is 14.6 Å². The lowest BCUT2D eigenvalue weighted by Crippen LogP contribution is -2.31. The number of ether oxygens (including phenoxy) is 1. The molecule has 0 aliphatic carbocycles. The molecule has 0 fully saturated rings. The van der Waals surface area contributed by atoms with E-state index in [1.54, 1.807) is 7.11 Å². The van der Waals surface area contributed by atoms with Crippen LogP contribution in [0.1, 0.15) is 70.7 Å². The summed E-state index contributed by atoms with van der Waals surface area (Å²) in [4.78, 5) is 4.49. The van der Waals surface area contributed by atoms with Crippen LogP contribution in [-0.2, 0) is 11.2 Å². The maximum absolute atomic E-state index is 5.41. The highest BCUT2D eigenvalue weighted by atomic mass is 16.5. The van der Waals surface area contributed by atoms with Crippen LogP contribution in [0, 0.1) is 0 Å². The van der Waals surface area contributed by atoms with E-state index in [-0.39, 0.29) is 6.10 Å². The Morgan fingerprint density at radius 3 is 2.50 bits per heavy atom. The van der Waals surface area contributed by atoms with E-state index in [1.807, 2.05) is 0 Å². The number of hydrogen-bond donors (Lipinski definition) is 1. The van der Waals surface area contributed by atoms with Crippen molar-refractivity contribution in [2.75, 3.05) is 13.7 Å². The van der Waals surface area contributed by atoms with Crippen LogP contribution < -0.4 is 5.32 Å². The standard InChI is InChI=1S/C15H29N3O2/c1-5-8-12(16-10-7-3)11-14-17-15(18-20-14)13(19-4)9-6-2/h12-13,16H,5-11H2,1-4H3. The average Bonchev–Trinajstić information content (AvgIpc) is 2.90. The first-order valence-corrected chi connectivity index (χ1v) is 7.83. The minimum Gasteiger partial charge on any atom is -0.373 e. The summed E-state index contributed by atoms with van der Waals surface area (Å²) in [5.74, 6) is 1.38. The molecule has 2 unspecified atom stereocenters. The third-order valence-corrected chi connectivity index (χ3v) is 3.35. The number of rotatable bonds is 11. The Balaban J connectivity index is 2.59. The van der Waals surface area contributed by atoms with Gasteiger partial charge in [-0.2, -0.15) is 4.98 Å². The van der Waals surface area contributed by atoms with Crippen molar-refractivity contribution in [3.8, 4) is 0 Å². The maximum atomic E-state index is 5.41. The highest BCUT2D eigenvalue weighted by molar-refractivity contribution is 4.93. The monoisotopic (exact) mass is 283 g/mol. The Labute approximate surface area is 122 Å². The molecule has 0 bridgehead atoms. The highest BCUT2D eigenvalue weighted by Gasteiger charge is 2.19. The van der Waals surface area contributed by atoms with Gasteiger partial charge in [0.25, 0.3) is 0 Å². The van der Waals surface area contributed by atoms with Gasteiger partial charge in [0.1, 0.15) is 6.10 Å². The number of nitrogens with zero attached hydrogens (tertiary/aromatic N) is 2. The van der Waals surface area contributed by atoms with Crippen LogP contribution >= 0.6 is 0 Å². The molecule has 1 aromatic rings. The molecule has 0 saturated carbocycles. The van der Waals surface area contributed by atoms with Gasteiger partial charge in [0.15, 0.2) is 0 Å². The largest absolute Gasteiger partial charge is 0.373 e. The van der Waals surface area contributed by atoms with Crippen molar-refractivity contribution in [1.82, 2.24) is 15.5 Å². The molecule has 1 rings (SSSR count). The molecule has 0 aromatic carbocycles. The fourth-order valence-corrected chi connectivity index (χ4v) is 2.28. The SMILES string of the molecule is CCCNC(CCC)Cc1nc(C(CCC)OC)no1. The van der Waals surface area contributed by atoms with Gasteiger partial charge in [-0.1, -0.05) is 38.8 Å². The molecule has 1 heterocycles. The minimum absolute atomic E-state index is 0.0503. The van der Waals surface area contributed by atoms with Crippen LogP contribution in [0.5, 0.6) is 0 Å². The number of hydrogen-bond acceptors (Lipinski definition) is 5. The molecule has 0 aliphatic heterocycles. The van der Waals surface area contributed by atoms with Gasteiger partial charge in [-0.25, -0.2) is 0 Å². The number of aromatic nitrogens is 2. The molecular formula is C15H29N3O2. The maximum Gasteiger partial charge on any atom is 0.228 e. The second kappa shape index (κ2) is 9.88. The molecule has 1 aromatic heterocycles. The predicted octanol–water partition coefficient (Wildman–Crippen LogP) is 3.27. The Kier molecular flexibility index (Phi) is 8.46. The minimum atomic E-state index is -0.0503. The Morgan fingerprint density at radius 1 is 1.15 bits per heavy atom. The van der Waals surface area contributed by atoms with Crippen molar-refractivity contribution in [1.29, 1.82) is 0 Å². The zero-order valence-corrected chi connectivity index (χ0v) is 13.3. The van der Waals surface area contributed by atoms with E-state index in [2.05, 4.69) is 36.2 Å². The summed E-state index contributed by atoms with van der Waals surface area (Å²) < 4.78 is 10.8. The third-order valence-electron chi connectivity index (χ3n) is 3.35. The van der Waals surface area contributed by atoms with Gasteiger partial charge in [-0.3, -0.25) is 0 Å². The van der Waals surface area contributed by atoms with Gasteiger partial charge in [0.2, 0.25) is 11.7 Å². The summed E-state index contributed by atoms with van der Waals surface area (Å²) in [6.07, 6.45) is 6.12. The van der Waals surface area contributed by atoms with Crippen molar-refractivity contribution in [3.63, 3.8) is 0 Å². The summed E-state index contributed by atoms with van der Waals surface area (Å²) in [5.41, 5.74) is 0. The van der Waals surface area contributed by atoms with Crippen molar-refractivity contribution in [3.05, 3.63) is 11.7 Å². The highest BCUT2D eigenvalue weighted by Crippen LogP contribution is 2.19. The van der Waals surface area contributed by atoms with Crippen LogP contribution in [0.15, 0.2) is 4.52 Å². The zero-order chi connectivity index (χ0) is 14.8. The van der Waals surface area contributed by atoms with E-state index in [1.165, 1.54) is 0 Å². The van der Waals surface area contributed by atoms with E-state index in [4.69, 9.17) is 9.26 Å². The second-order valence-corrected chi connectivity index (χ2v) is 5.20. The molecule has 0 radical (unpaired) electrons. The molecule has 0 aliphatic rings. The molecule has 20 heavy (non-hydrogen) atoms. The molecule has 0 amide bonds. The summed E-state index contributed by atoms with van der Waals surface area (Å²) in [5, 5.41) is 7.60. The van der Waals surface area contributed by atoms with E-state index in [0.29, 0.717) is 17.8 Å². The lowest BCUT2D eigenvalue weighted by Gasteiger charge is -2.15. The van der Waals surface area contributed by atoms with Crippen LogP contribution in [0.3, 0.4) is 0 Å². The van der Waals surface area contributed by atoms with Gasteiger partial charge in [0.05, 0.1) is 0 Å². The fraction of sp³-hybridized carbons (Fsp3) is 0.867. The van der Waals surface area contributed by atoms with Crippen LogP contribution in [0.4, 0.5) is 0 Å². The topological polar surface area (TPSA) is 60.2 Å². The van der Waals surface area contributed by atoms with Crippen molar-refractivity contribution < 1.29 is 9.26 Å². The van der Waals surface area contributed by atoms with E-state index < -0.39 is 0 Å². The van der Waals surface area contributed by atoms with Crippen molar-refractivity contribution in [2.24, 2.45) is 0 Å². The first kappa shape index (κ1) is 17.1. The molecule has 116 valence electrons. The molecule has 5 nitrogen and oxygen atoms in total. The normalized spacial score (nSPS) is 14.4. The Bertz CT molecular complexity index is 355. The summed E-state index contributed by atoms with van der Waals surface area (Å²) in [7, 11) is 1.69. The molecule has 5 heteroatoms. The number of nitrogens with one attached hydrogen (secondary N) is 1. The zero-order valence-electron chi connectivity index (χ0n) is 13.3. The summed E-state index contributed by atoms with van der Waals surface area (Å²) >= 11 is 0. The summed E-state index contributed by atoms with van der Waals surface area (Å²) in [6, 6.07) is 0.417. The van der Waals surface area contributed by atoms with E-state index in [9.17, 15) is 0 Å². The second-order valence-electron chi connectivity index (χ2n) is 5.20. The number of methoxy groups -OCH3 is 1. The smallest absolute Gasteiger partial charge is 0.228 e. The van der Waals surface area contributed by atoms with Gasteiger partial charge >= 0.3 is 0 Å². The Hall–Kier alpha value is -0.940. The van der Waals surface area contributed by atoms with E-state index in [0.717, 1.165) is 45.1 Å². The van der Waals surface area contributed by atoms with Crippen molar-refractivity contribution in [2.45, 2.75) is 71.4 Å². The average molecular weight is 283 g/mol. The molecule has 2 atom stereocenters. The van der Waals surface area contributed by atoms with Crippen LogP contribution in [0.2, 0.25) is 0 Å². The van der Waals surface area contributed by atoms with Gasteiger partial charge in [-0.05, 0) is 25.8 Å². The molecular weight excluding hydrogens is 254 g/mol. The van der Waals surface area contributed by atoms with E-state index >= 15 is 0 Å². The van der Waals surface area contributed by atoms with Crippen LogP contribution in [-0.4, -0.2) is 29.8 Å². The Morgan fingerprint density at radius 2 is 1.90 bits per heavy atom. The van der Waals surface area contributed by atoms with Gasteiger partial charge in [0, 0.05) is 19.6 Å². The lowest BCUT2D eigenvalue weighted by molar-refractivity contribution is 0.0854. The first-order chi connectivity index (χ1) is 9.74. The quantitative estimate of drug-likeness (QED) is 0.675. The van der Waals surface area contributed by atoms with Crippen LogP contribution in [0.25, 0.3) is 0 Å².